The zero-order chi connectivity index (χ0) is 24.2. The van der Waals surface area contributed by atoms with E-state index in [-0.39, 0.29) is 22.1 Å². The first-order valence-electron chi connectivity index (χ1n) is 10.7. The number of carbonyl (C=O) groups is 1. The van der Waals surface area contributed by atoms with Crippen LogP contribution in [0.15, 0.2) is 59.5 Å². The van der Waals surface area contributed by atoms with Crippen molar-refractivity contribution in [3.63, 3.8) is 0 Å². The van der Waals surface area contributed by atoms with Crippen molar-refractivity contribution in [3.8, 4) is 11.5 Å². The summed E-state index contributed by atoms with van der Waals surface area (Å²) in [6.45, 7) is 2.92. The third-order valence-corrected chi connectivity index (χ3v) is 7.21. The lowest BCUT2D eigenvalue weighted by Gasteiger charge is -2.22. The number of hydrogen-bond donors (Lipinski definition) is 0. The Morgan fingerprint density at radius 3 is 2.33 bits per heavy atom. The Bertz CT molecular complexity index is 1250. The summed E-state index contributed by atoms with van der Waals surface area (Å²) in [5.41, 5.74) is 1.17. The van der Waals surface area contributed by atoms with Crippen molar-refractivity contribution >= 4 is 26.7 Å². The Hall–Kier alpha value is -3.10. The molecule has 0 spiro atoms. The van der Waals surface area contributed by atoms with E-state index in [0.717, 1.165) is 32.8 Å². The highest BCUT2D eigenvalue weighted by Crippen LogP contribution is 2.31. The summed E-state index contributed by atoms with van der Waals surface area (Å²) in [5.74, 6) is 0.621. The van der Waals surface area contributed by atoms with Crippen molar-refractivity contribution in [1.82, 2.24) is 9.21 Å². The molecule has 176 valence electrons. The van der Waals surface area contributed by atoms with Crippen LogP contribution >= 0.6 is 0 Å². The topological polar surface area (TPSA) is 76.1 Å². The molecule has 0 radical (unpaired) electrons. The molecular weight excluding hydrogens is 440 g/mol. The van der Waals surface area contributed by atoms with Crippen LogP contribution in [0.25, 0.3) is 10.8 Å². The maximum Gasteiger partial charge on any atom is 0.253 e. The van der Waals surface area contributed by atoms with Crippen molar-refractivity contribution in [2.24, 2.45) is 0 Å². The standard InChI is InChI=1S/C25H30N2O5S/c1-6-15-32-22-13-11-18-9-7-8-10-20(18)21(22)17-27(4)25(28)19-12-14-23(31-5)24(16-19)33(29,30)26(2)3/h7-14,16H,6,15,17H2,1-5H3. The molecule has 7 nitrogen and oxygen atoms in total. The van der Waals surface area contributed by atoms with Gasteiger partial charge in [0.15, 0.2) is 0 Å². The number of benzene rings is 3. The number of nitrogens with zero attached hydrogens (tertiary/aromatic N) is 2. The second-order valence-corrected chi connectivity index (χ2v) is 10.0. The summed E-state index contributed by atoms with van der Waals surface area (Å²) in [7, 11) is 2.18. The van der Waals surface area contributed by atoms with Gasteiger partial charge in [0.25, 0.3) is 5.91 Å². The van der Waals surface area contributed by atoms with Gasteiger partial charge >= 0.3 is 0 Å². The quantitative estimate of drug-likeness (QED) is 0.469. The number of sulfonamides is 1. The van der Waals surface area contributed by atoms with Crippen LogP contribution in [0.1, 0.15) is 29.3 Å². The fourth-order valence-corrected chi connectivity index (χ4v) is 4.64. The van der Waals surface area contributed by atoms with Gasteiger partial charge in [0.1, 0.15) is 16.4 Å². The van der Waals surface area contributed by atoms with Crippen LogP contribution in [-0.2, 0) is 16.6 Å². The fraction of sp³-hybridized carbons (Fsp3) is 0.320. The van der Waals surface area contributed by atoms with Crippen molar-refractivity contribution in [3.05, 3.63) is 65.7 Å². The highest BCUT2D eigenvalue weighted by molar-refractivity contribution is 7.89. The largest absolute Gasteiger partial charge is 0.495 e. The van der Waals surface area contributed by atoms with Crippen LogP contribution in [0.5, 0.6) is 11.5 Å². The molecule has 1 amide bonds. The number of hydrogen-bond acceptors (Lipinski definition) is 5. The van der Waals surface area contributed by atoms with Gasteiger partial charge in [-0.25, -0.2) is 12.7 Å². The molecular formula is C25H30N2O5S. The third kappa shape index (κ3) is 5.12. The third-order valence-electron chi connectivity index (χ3n) is 5.37. The number of amides is 1. The summed E-state index contributed by atoms with van der Waals surface area (Å²) in [4.78, 5) is 14.8. The van der Waals surface area contributed by atoms with Crippen molar-refractivity contribution in [2.75, 3.05) is 34.9 Å². The van der Waals surface area contributed by atoms with Crippen molar-refractivity contribution in [2.45, 2.75) is 24.8 Å². The Balaban J connectivity index is 1.98. The average molecular weight is 471 g/mol. The average Bonchev–Trinajstić information content (AvgIpc) is 2.82. The molecule has 0 saturated heterocycles. The van der Waals surface area contributed by atoms with E-state index in [4.69, 9.17) is 9.47 Å². The van der Waals surface area contributed by atoms with Gasteiger partial charge in [-0.15, -0.1) is 0 Å². The zero-order valence-electron chi connectivity index (χ0n) is 19.7. The molecule has 0 atom stereocenters. The number of carbonyl (C=O) groups excluding carboxylic acids is 1. The lowest BCUT2D eigenvalue weighted by atomic mass is 10.0. The number of ether oxygens (including phenoxy) is 2. The second kappa shape index (κ2) is 10.2. The summed E-state index contributed by atoms with van der Waals surface area (Å²) in [5, 5.41) is 2.07. The Morgan fingerprint density at radius 2 is 1.67 bits per heavy atom. The molecule has 3 aromatic rings. The molecule has 0 aliphatic rings. The van der Waals surface area contributed by atoms with E-state index in [1.807, 2.05) is 43.3 Å². The summed E-state index contributed by atoms with van der Waals surface area (Å²) < 4.78 is 37.8. The van der Waals surface area contributed by atoms with E-state index in [1.165, 1.54) is 33.3 Å². The summed E-state index contributed by atoms with van der Waals surface area (Å²) >= 11 is 0. The van der Waals surface area contributed by atoms with Gasteiger partial charge in [0, 0.05) is 38.8 Å². The molecule has 0 aliphatic carbocycles. The SMILES string of the molecule is CCCOc1ccc2ccccc2c1CN(C)C(=O)c1ccc(OC)c(S(=O)(=O)N(C)C)c1. The van der Waals surface area contributed by atoms with Crippen LogP contribution in [0, 0.1) is 0 Å². The van der Waals surface area contributed by atoms with Gasteiger partial charge in [0.2, 0.25) is 10.0 Å². The maximum absolute atomic E-state index is 13.3. The molecule has 0 bridgehead atoms. The van der Waals surface area contributed by atoms with Gasteiger partial charge in [-0.2, -0.15) is 0 Å². The minimum Gasteiger partial charge on any atom is -0.495 e. The van der Waals surface area contributed by atoms with Crippen LogP contribution in [0.3, 0.4) is 0 Å². The van der Waals surface area contributed by atoms with Gasteiger partial charge in [-0.1, -0.05) is 37.3 Å². The fourth-order valence-electron chi connectivity index (χ4n) is 3.56. The van der Waals surface area contributed by atoms with Crippen molar-refractivity contribution in [1.29, 1.82) is 0 Å². The molecule has 3 rings (SSSR count). The predicted octanol–water partition coefficient (Wildman–Crippen LogP) is 4.16. The highest BCUT2D eigenvalue weighted by atomic mass is 32.2. The van der Waals surface area contributed by atoms with E-state index in [0.29, 0.717) is 13.2 Å². The molecule has 3 aromatic carbocycles. The normalized spacial score (nSPS) is 11.6. The molecule has 33 heavy (non-hydrogen) atoms. The second-order valence-electron chi connectivity index (χ2n) is 7.93. The minimum absolute atomic E-state index is 0.0496. The summed E-state index contributed by atoms with van der Waals surface area (Å²) in [6.07, 6.45) is 0.871. The number of fused-ring (bicyclic) bond motifs is 1. The van der Waals surface area contributed by atoms with Crippen LogP contribution < -0.4 is 9.47 Å². The maximum atomic E-state index is 13.3. The smallest absolute Gasteiger partial charge is 0.253 e. The Morgan fingerprint density at radius 1 is 0.970 bits per heavy atom. The Kier molecular flexibility index (Phi) is 7.61. The van der Waals surface area contributed by atoms with E-state index in [2.05, 4.69) is 0 Å². The predicted molar refractivity (Wildman–Crippen MR) is 129 cm³/mol. The molecule has 0 heterocycles. The number of methoxy groups -OCH3 is 1. The first-order chi connectivity index (χ1) is 15.7. The molecule has 0 saturated carbocycles. The molecule has 0 aliphatic heterocycles. The van der Waals surface area contributed by atoms with Crippen LogP contribution in [-0.4, -0.2) is 58.4 Å². The molecule has 8 heteroatoms. The van der Waals surface area contributed by atoms with E-state index < -0.39 is 10.0 Å². The molecule has 0 aromatic heterocycles. The van der Waals surface area contributed by atoms with Gasteiger partial charge in [-0.3, -0.25) is 4.79 Å². The van der Waals surface area contributed by atoms with Crippen molar-refractivity contribution < 1.29 is 22.7 Å². The highest BCUT2D eigenvalue weighted by Gasteiger charge is 2.25. The van der Waals surface area contributed by atoms with E-state index in [1.54, 1.807) is 18.0 Å². The van der Waals surface area contributed by atoms with Crippen LogP contribution in [0.4, 0.5) is 0 Å². The Labute approximate surface area is 195 Å². The molecule has 0 fully saturated rings. The number of rotatable bonds is 9. The summed E-state index contributed by atoms with van der Waals surface area (Å²) in [6, 6.07) is 16.3. The van der Waals surface area contributed by atoms with Gasteiger partial charge in [-0.05, 0) is 41.5 Å². The zero-order valence-corrected chi connectivity index (χ0v) is 20.5. The monoisotopic (exact) mass is 470 g/mol. The molecule has 0 unspecified atom stereocenters. The van der Waals surface area contributed by atoms with E-state index in [9.17, 15) is 13.2 Å². The lowest BCUT2D eigenvalue weighted by molar-refractivity contribution is 0.0784. The van der Waals surface area contributed by atoms with Gasteiger partial charge in [0.05, 0.1) is 13.7 Å². The first kappa shape index (κ1) is 24.5. The van der Waals surface area contributed by atoms with Gasteiger partial charge < -0.3 is 14.4 Å². The van der Waals surface area contributed by atoms with Crippen LogP contribution in [0.2, 0.25) is 0 Å². The first-order valence-corrected chi connectivity index (χ1v) is 12.1. The minimum atomic E-state index is -3.79. The van der Waals surface area contributed by atoms with E-state index >= 15 is 0 Å². The lowest BCUT2D eigenvalue weighted by Crippen LogP contribution is -2.27. The molecule has 0 N–H and O–H groups in total.